The van der Waals surface area contributed by atoms with E-state index in [1.807, 2.05) is 69.4 Å². The predicted octanol–water partition coefficient (Wildman–Crippen LogP) is 6.03. The summed E-state index contributed by atoms with van der Waals surface area (Å²) in [6, 6.07) is 13.7. The number of pyridine rings is 1. The Balaban J connectivity index is 1.46. The van der Waals surface area contributed by atoms with Gasteiger partial charge in [-0.15, -0.1) is 0 Å². The van der Waals surface area contributed by atoms with Gasteiger partial charge in [0.25, 0.3) is 0 Å². The Kier molecular flexibility index (Phi) is 13.1. The summed E-state index contributed by atoms with van der Waals surface area (Å²) >= 11 is 0. The summed E-state index contributed by atoms with van der Waals surface area (Å²) < 4.78 is 22.4. The van der Waals surface area contributed by atoms with Crippen molar-refractivity contribution in [1.82, 2.24) is 4.98 Å². The highest BCUT2D eigenvalue weighted by Crippen LogP contribution is 2.25. The van der Waals surface area contributed by atoms with Gasteiger partial charge in [-0.05, 0) is 95.7 Å². The van der Waals surface area contributed by atoms with E-state index in [9.17, 15) is 4.79 Å². The third kappa shape index (κ3) is 11.5. The fourth-order valence-electron chi connectivity index (χ4n) is 3.42. The number of benzene rings is 1. The monoisotopic (exact) mass is 471 g/mol. The van der Waals surface area contributed by atoms with Crippen LogP contribution in [0.15, 0.2) is 48.7 Å². The molecular formula is C28H41NO5. The Morgan fingerprint density at radius 2 is 1.47 bits per heavy atom. The number of nitrogens with zero attached hydrogens (tertiary/aromatic N) is 1. The van der Waals surface area contributed by atoms with Crippen LogP contribution in [0, 0.1) is 5.41 Å². The summed E-state index contributed by atoms with van der Waals surface area (Å²) in [5, 5.41) is 0. The summed E-state index contributed by atoms with van der Waals surface area (Å²) in [6.07, 6.45) is 8.40. The normalized spacial score (nSPS) is 11.3. The van der Waals surface area contributed by atoms with Crippen molar-refractivity contribution in [2.24, 2.45) is 5.41 Å². The van der Waals surface area contributed by atoms with E-state index in [1.54, 1.807) is 0 Å². The maximum atomic E-state index is 11.9. The molecular weight excluding hydrogens is 430 g/mol. The molecule has 6 heteroatoms. The average Bonchev–Trinajstić information content (AvgIpc) is 2.84. The van der Waals surface area contributed by atoms with Crippen LogP contribution in [0.4, 0.5) is 0 Å². The standard InChI is InChI=1S/C28H41NO5/c1-4-32-27(30)28(2,3)18-7-11-22-34-26-15-13-25(14-16-26)33-21-10-5-9-20-31-23-17-24-12-6-8-19-29-24/h6,8,12-16,19H,4-5,7,9-11,17-18,20-23H2,1-3H3. The molecule has 1 aromatic heterocycles. The second-order valence-electron chi connectivity index (χ2n) is 8.97. The molecule has 0 saturated heterocycles. The maximum Gasteiger partial charge on any atom is 0.311 e. The smallest absolute Gasteiger partial charge is 0.311 e. The van der Waals surface area contributed by atoms with Crippen LogP contribution in [-0.4, -0.2) is 44.0 Å². The van der Waals surface area contributed by atoms with Gasteiger partial charge < -0.3 is 18.9 Å². The van der Waals surface area contributed by atoms with Crippen LogP contribution in [0.25, 0.3) is 0 Å². The van der Waals surface area contributed by atoms with Gasteiger partial charge in [0, 0.05) is 24.9 Å². The Bertz CT molecular complexity index is 792. The first-order chi connectivity index (χ1) is 16.5. The van der Waals surface area contributed by atoms with Gasteiger partial charge in [0.1, 0.15) is 11.5 Å². The first kappa shape index (κ1) is 27.6. The van der Waals surface area contributed by atoms with Gasteiger partial charge in [-0.3, -0.25) is 9.78 Å². The number of aromatic nitrogens is 1. The minimum absolute atomic E-state index is 0.128. The van der Waals surface area contributed by atoms with E-state index in [4.69, 9.17) is 18.9 Å². The van der Waals surface area contributed by atoms with Crippen molar-refractivity contribution >= 4 is 5.97 Å². The lowest BCUT2D eigenvalue weighted by atomic mass is 9.87. The average molecular weight is 472 g/mol. The van der Waals surface area contributed by atoms with Crippen molar-refractivity contribution in [3.8, 4) is 11.5 Å². The van der Waals surface area contributed by atoms with E-state index in [0.29, 0.717) is 26.4 Å². The first-order valence-electron chi connectivity index (χ1n) is 12.5. The van der Waals surface area contributed by atoms with Gasteiger partial charge >= 0.3 is 5.97 Å². The third-order valence-electron chi connectivity index (χ3n) is 5.55. The molecule has 0 N–H and O–H groups in total. The molecule has 0 aliphatic carbocycles. The van der Waals surface area contributed by atoms with Crippen LogP contribution < -0.4 is 9.47 Å². The summed E-state index contributed by atoms with van der Waals surface area (Å²) in [7, 11) is 0. The summed E-state index contributed by atoms with van der Waals surface area (Å²) in [4.78, 5) is 16.2. The van der Waals surface area contributed by atoms with Crippen molar-refractivity contribution in [1.29, 1.82) is 0 Å². The van der Waals surface area contributed by atoms with E-state index in [2.05, 4.69) is 4.98 Å². The molecule has 188 valence electrons. The Labute approximate surface area is 205 Å². The van der Waals surface area contributed by atoms with E-state index in [-0.39, 0.29) is 5.97 Å². The molecule has 0 amide bonds. The van der Waals surface area contributed by atoms with Crippen LogP contribution in [0.3, 0.4) is 0 Å². The number of hydrogen-bond donors (Lipinski definition) is 0. The molecule has 2 rings (SSSR count). The summed E-state index contributed by atoms with van der Waals surface area (Å²) in [6.45, 7) is 8.95. The van der Waals surface area contributed by atoms with Crippen LogP contribution in [-0.2, 0) is 20.7 Å². The lowest BCUT2D eigenvalue weighted by Crippen LogP contribution is -2.26. The molecule has 0 atom stereocenters. The molecule has 1 heterocycles. The van der Waals surface area contributed by atoms with Crippen molar-refractivity contribution in [2.45, 2.75) is 65.7 Å². The highest BCUT2D eigenvalue weighted by atomic mass is 16.5. The Morgan fingerprint density at radius 1 is 0.824 bits per heavy atom. The molecule has 0 unspecified atom stereocenters. The van der Waals surface area contributed by atoms with E-state index in [0.717, 1.165) is 68.7 Å². The minimum Gasteiger partial charge on any atom is -0.494 e. The molecule has 2 aromatic rings. The fraction of sp³-hybridized carbons (Fsp3) is 0.571. The maximum absolute atomic E-state index is 11.9. The highest BCUT2D eigenvalue weighted by Gasteiger charge is 2.28. The lowest BCUT2D eigenvalue weighted by Gasteiger charge is -2.21. The quantitative estimate of drug-likeness (QED) is 0.195. The number of esters is 1. The van der Waals surface area contributed by atoms with Gasteiger partial charge in [-0.1, -0.05) is 6.07 Å². The topological polar surface area (TPSA) is 66.9 Å². The zero-order valence-corrected chi connectivity index (χ0v) is 21.1. The minimum atomic E-state index is -0.442. The van der Waals surface area contributed by atoms with Crippen molar-refractivity contribution in [2.75, 3.05) is 33.0 Å². The predicted molar refractivity (Wildman–Crippen MR) is 134 cm³/mol. The molecule has 0 radical (unpaired) electrons. The number of hydrogen-bond acceptors (Lipinski definition) is 6. The Hall–Kier alpha value is -2.60. The zero-order chi connectivity index (χ0) is 24.5. The van der Waals surface area contributed by atoms with E-state index < -0.39 is 5.41 Å². The SMILES string of the molecule is CCOC(=O)C(C)(C)CCCCOc1ccc(OCCCCCOCCc2ccccn2)cc1. The number of unbranched alkanes of at least 4 members (excludes halogenated alkanes) is 3. The summed E-state index contributed by atoms with van der Waals surface area (Å²) in [5.74, 6) is 1.56. The molecule has 0 aliphatic heterocycles. The second kappa shape index (κ2) is 16.1. The van der Waals surface area contributed by atoms with Gasteiger partial charge in [-0.25, -0.2) is 0 Å². The molecule has 0 spiro atoms. The van der Waals surface area contributed by atoms with Crippen LogP contribution in [0.5, 0.6) is 11.5 Å². The van der Waals surface area contributed by atoms with Gasteiger partial charge in [0.15, 0.2) is 0 Å². The largest absolute Gasteiger partial charge is 0.494 e. The van der Waals surface area contributed by atoms with E-state index in [1.165, 1.54) is 0 Å². The van der Waals surface area contributed by atoms with Gasteiger partial charge in [-0.2, -0.15) is 0 Å². The van der Waals surface area contributed by atoms with Gasteiger partial charge in [0.05, 0.1) is 31.8 Å². The molecule has 0 aliphatic rings. The highest BCUT2D eigenvalue weighted by molar-refractivity contribution is 5.75. The molecule has 6 nitrogen and oxygen atoms in total. The van der Waals surface area contributed by atoms with Crippen molar-refractivity contribution < 1.29 is 23.7 Å². The van der Waals surface area contributed by atoms with Crippen molar-refractivity contribution in [3.05, 3.63) is 54.4 Å². The summed E-state index contributed by atoms with van der Waals surface area (Å²) in [5.41, 5.74) is 0.629. The molecule has 0 bridgehead atoms. The molecule has 34 heavy (non-hydrogen) atoms. The van der Waals surface area contributed by atoms with Gasteiger partial charge in [0.2, 0.25) is 0 Å². The number of rotatable bonds is 18. The molecule has 1 aromatic carbocycles. The third-order valence-corrected chi connectivity index (χ3v) is 5.55. The van der Waals surface area contributed by atoms with E-state index >= 15 is 0 Å². The molecule has 0 saturated carbocycles. The number of carbonyl (C=O) groups is 1. The number of ether oxygens (including phenoxy) is 4. The molecule has 0 fully saturated rings. The lowest BCUT2D eigenvalue weighted by molar-refractivity contribution is -0.153. The van der Waals surface area contributed by atoms with Crippen LogP contribution in [0.1, 0.15) is 65.0 Å². The van der Waals surface area contributed by atoms with Crippen LogP contribution in [0.2, 0.25) is 0 Å². The first-order valence-corrected chi connectivity index (χ1v) is 12.5. The van der Waals surface area contributed by atoms with Crippen molar-refractivity contribution in [3.63, 3.8) is 0 Å². The second-order valence-corrected chi connectivity index (χ2v) is 8.97. The Morgan fingerprint density at radius 3 is 2.09 bits per heavy atom. The van der Waals surface area contributed by atoms with Crippen LogP contribution >= 0.6 is 0 Å². The number of carbonyl (C=O) groups excluding carboxylic acids is 1. The zero-order valence-electron chi connectivity index (χ0n) is 21.1. The fourth-order valence-corrected chi connectivity index (χ4v) is 3.42.